The van der Waals surface area contributed by atoms with Crippen molar-refractivity contribution in [3.63, 3.8) is 0 Å². The predicted molar refractivity (Wildman–Crippen MR) is 105 cm³/mol. The number of hydrogen-bond acceptors (Lipinski definition) is 4. The molecule has 1 amide bonds. The first-order valence-corrected chi connectivity index (χ1v) is 9.41. The fourth-order valence-electron chi connectivity index (χ4n) is 2.92. The topological polar surface area (TPSA) is 46.6 Å². The van der Waals surface area contributed by atoms with Crippen LogP contribution < -0.4 is 0 Å². The molecule has 3 rings (SSSR count). The number of likely N-dealkylation sites (N-methyl/N-ethyl adjacent to an activating group) is 1. The molecule has 0 bridgehead atoms. The Kier molecular flexibility index (Phi) is 5.78. The van der Waals surface area contributed by atoms with Crippen LogP contribution in [0.4, 0.5) is 4.79 Å². The predicted octanol–water partition coefficient (Wildman–Crippen LogP) is 4.41. The molecule has 2 aromatic carbocycles. The van der Waals surface area contributed by atoms with Crippen LogP contribution in [0.1, 0.15) is 15.9 Å². The summed E-state index contributed by atoms with van der Waals surface area (Å²) < 4.78 is 4.96. The largest absolute Gasteiger partial charge is 0.465 e. The molecule has 4 nitrogen and oxygen atoms in total. The van der Waals surface area contributed by atoms with E-state index in [0.717, 1.165) is 22.4 Å². The van der Waals surface area contributed by atoms with Crippen LogP contribution in [0.15, 0.2) is 60.7 Å². The lowest BCUT2D eigenvalue weighted by atomic mass is 9.96. The van der Waals surface area contributed by atoms with Crippen LogP contribution in [0.5, 0.6) is 0 Å². The first-order chi connectivity index (χ1) is 12.6. The summed E-state index contributed by atoms with van der Waals surface area (Å²) in [5, 5.41) is 0.111. The summed E-state index contributed by atoms with van der Waals surface area (Å²) in [7, 11) is 3.22. The minimum Gasteiger partial charge on any atom is -0.465 e. The highest BCUT2D eigenvalue weighted by molar-refractivity contribution is 8.13. The van der Waals surface area contributed by atoms with Crippen LogP contribution >= 0.6 is 11.8 Å². The molecule has 0 N–H and O–H groups in total. The molecule has 1 unspecified atom stereocenters. The number of methoxy groups -OCH3 is 1. The second kappa shape index (κ2) is 8.23. The normalized spacial score (nSPS) is 17.1. The van der Waals surface area contributed by atoms with Gasteiger partial charge >= 0.3 is 5.97 Å². The van der Waals surface area contributed by atoms with E-state index in [2.05, 4.69) is 12.2 Å². The average Bonchev–Trinajstić information content (AvgIpc) is 3.00. The van der Waals surface area contributed by atoms with E-state index in [0.29, 0.717) is 12.0 Å². The highest BCUT2D eigenvalue weighted by Gasteiger charge is 2.26. The second-order valence-electron chi connectivity index (χ2n) is 6.12. The van der Waals surface area contributed by atoms with E-state index in [-0.39, 0.29) is 17.3 Å². The van der Waals surface area contributed by atoms with Crippen LogP contribution in [0.3, 0.4) is 0 Å². The molecule has 1 fully saturated rings. The van der Waals surface area contributed by atoms with Gasteiger partial charge in [-0.05, 0) is 29.2 Å². The summed E-state index contributed by atoms with van der Waals surface area (Å²) in [6.07, 6.45) is 4.81. The highest BCUT2D eigenvalue weighted by Crippen LogP contribution is 2.26. The third-order valence-electron chi connectivity index (χ3n) is 4.45. The molecular weight excluding hydrogens is 346 g/mol. The van der Waals surface area contributed by atoms with Crippen molar-refractivity contribution >= 4 is 23.0 Å². The molecule has 1 heterocycles. The molecule has 26 heavy (non-hydrogen) atoms. The molecule has 0 radical (unpaired) electrons. The number of ether oxygens (including phenoxy) is 1. The average molecular weight is 367 g/mol. The van der Waals surface area contributed by atoms with Crippen LogP contribution in [0.25, 0.3) is 11.1 Å². The molecule has 0 aromatic heterocycles. The van der Waals surface area contributed by atoms with Crippen LogP contribution in [0.2, 0.25) is 0 Å². The minimum absolute atomic E-state index is 0.111. The number of carbonyl (C=O) groups is 2. The molecule has 0 aliphatic carbocycles. The van der Waals surface area contributed by atoms with Crippen molar-refractivity contribution in [1.29, 1.82) is 0 Å². The van der Waals surface area contributed by atoms with Crippen molar-refractivity contribution in [2.24, 2.45) is 0 Å². The smallest absolute Gasteiger partial charge is 0.338 e. The molecule has 0 spiro atoms. The number of hydrogen-bond donors (Lipinski definition) is 0. The number of thioether (sulfide) groups is 1. The van der Waals surface area contributed by atoms with Crippen molar-refractivity contribution < 1.29 is 14.3 Å². The lowest BCUT2D eigenvalue weighted by Crippen LogP contribution is -2.27. The van der Waals surface area contributed by atoms with Crippen LogP contribution in [-0.2, 0) is 11.2 Å². The maximum absolute atomic E-state index is 12.2. The van der Waals surface area contributed by atoms with E-state index in [4.69, 9.17) is 4.74 Å². The van der Waals surface area contributed by atoms with Gasteiger partial charge in [0.2, 0.25) is 0 Å². The summed E-state index contributed by atoms with van der Waals surface area (Å²) in [6, 6.07) is 15.8. The van der Waals surface area contributed by atoms with E-state index in [1.165, 1.54) is 18.9 Å². The van der Waals surface area contributed by atoms with Crippen LogP contribution in [0, 0.1) is 0 Å². The quantitative estimate of drug-likeness (QED) is 0.580. The van der Waals surface area contributed by atoms with E-state index in [1.54, 1.807) is 4.90 Å². The third kappa shape index (κ3) is 3.99. The maximum Gasteiger partial charge on any atom is 0.338 e. The number of benzene rings is 2. The summed E-state index contributed by atoms with van der Waals surface area (Å²) in [6.45, 7) is 0. The van der Waals surface area contributed by atoms with Crippen LogP contribution in [-0.4, -0.2) is 42.1 Å². The van der Waals surface area contributed by atoms with Gasteiger partial charge in [-0.15, -0.1) is 0 Å². The molecule has 134 valence electrons. The van der Waals surface area contributed by atoms with Gasteiger partial charge in [0.05, 0.1) is 18.7 Å². The second-order valence-corrected chi connectivity index (χ2v) is 7.10. The Labute approximate surface area is 157 Å². The van der Waals surface area contributed by atoms with Gasteiger partial charge in [0.15, 0.2) is 0 Å². The van der Waals surface area contributed by atoms with Gasteiger partial charge in [-0.2, -0.15) is 0 Å². The Balaban J connectivity index is 1.81. The highest BCUT2D eigenvalue weighted by atomic mass is 32.2. The Hall–Kier alpha value is -2.53. The zero-order chi connectivity index (χ0) is 18.5. The summed E-state index contributed by atoms with van der Waals surface area (Å²) in [5.74, 6) is 0.443. The number of rotatable bonds is 5. The fourth-order valence-corrected chi connectivity index (χ4v) is 3.91. The van der Waals surface area contributed by atoms with Gasteiger partial charge in [-0.3, -0.25) is 4.79 Å². The Morgan fingerprint density at radius 2 is 2.04 bits per heavy atom. The third-order valence-corrected chi connectivity index (χ3v) is 5.49. The molecule has 1 aliphatic heterocycles. The van der Waals surface area contributed by atoms with Crippen molar-refractivity contribution in [3.05, 3.63) is 71.8 Å². The molecular formula is C21H21NO3S. The lowest BCUT2D eigenvalue weighted by molar-refractivity contribution is 0.0601. The number of amides is 1. The molecule has 0 saturated carbocycles. The molecule has 1 saturated heterocycles. The van der Waals surface area contributed by atoms with Crippen molar-refractivity contribution in [1.82, 2.24) is 4.90 Å². The number of allylic oxidation sites excluding steroid dienone is 1. The molecule has 2 aromatic rings. The van der Waals surface area contributed by atoms with Gasteiger partial charge in [0, 0.05) is 12.8 Å². The van der Waals surface area contributed by atoms with E-state index < -0.39 is 0 Å². The zero-order valence-corrected chi connectivity index (χ0v) is 15.7. The SMILES string of the molecule is COC(=O)c1cc(C/C=C/C2CSC(=O)N2C)ccc1-c1ccccc1. The fraction of sp³-hybridized carbons (Fsp3) is 0.238. The number of carbonyl (C=O) groups excluding carboxylic acids is 2. The Bertz CT molecular complexity index is 832. The molecule has 1 atom stereocenters. The van der Waals surface area contributed by atoms with Gasteiger partial charge < -0.3 is 9.64 Å². The Morgan fingerprint density at radius 1 is 1.27 bits per heavy atom. The van der Waals surface area contributed by atoms with Gasteiger partial charge in [0.25, 0.3) is 5.24 Å². The minimum atomic E-state index is -0.341. The van der Waals surface area contributed by atoms with Crippen molar-refractivity contribution in [2.75, 3.05) is 19.9 Å². The van der Waals surface area contributed by atoms with Gasteiger partial charge in [-0.1, -0.05) is 66.4 Å². The molecule has 5 heteroatoms. The Morgan fingerprint density at radius 3 is 2.69 bits per heavy atom. The van der Waals surface area contributed by atoms with Gasteiger partial charge in [0.1, 0.15) is 0 Å². The van der Waals surface area contributed by atoms with Gasteiger partial charge in [-0.25, -0.2) is 4.79 Å². The summed E-state index contributed by atoms with van der Waals surface area (Å²) >= 11 is 1.34. The van der Waals surface area contributed by atoms with E-state index in [1.807, 2.05) is 55.6 Å². The van der Waals surface area contributed by atoms with E-state index >= 15 is 0 Å². The molecule has 1 aliphatic rings. The van der Waals surface area contributed by atoms with E-state index in [9.17, 15) is 9.59 Å². The monoisotopic (exact) mass is 367 g/mol. The first-order valence-electron chi connectivity index (χ1n) is 8.43. The number of nitrogens with zero attached hydrogens (tertiary/aromatic N) is 1. The lowest BCUT2D eigenvalue weighted by Gasteiger charge is -2.14. The zero-order valence-electron chi connectivity index (χ0n) is 14.8. The van der Waals surface area contributed by atoms with Crippen molar-refractivity contribution in [2.45, 2.75) is 12.5 Å². The maximum atomic E-state index is 12.2. The first kappa shape index (κ1) is 18.3. The standard InChI is InChI=1S/C21H21NO3S/c1-22-17(14-26-21(22)24)10-6-7-15-11-12-18(16-8-4-3-5-9-16)19(13-15)20(23)25-2/h3-6,8-13,17H,7,14H2,1-2H3/b10-6+. The van der Waals surface area contributed by atoms with Crippen molar-refractivity contribution in [3.8, 4) is 11.1 Å². The number of esters is 1. The summed E-state index contributed by atoms with van der Waals surface area (Å²) in [5.41, 5.74) is 3.44. The summed E-state index contributed by atoms with van der Waals surface area (Å²) in [4.78, 5) is 25.5.